The number of benzene rings is 1. The number of methoxy groups -OCH3 is 3. The fourth-order valence-electron chi connectivity index (χ4n) is 3.69. The number of hydrogen-bond acceptors (Lipinski definition) is 12. The Kier molecular flexibility index (Phi) is 12.6. The first-order chi connectivity index (χ1) is 20.8. The predicted octanol–water partition coefficient (Wildman–Crippen LogP) is 5.15. The Balaban J connectivity index is 0.00000162. The monoisotopic (exact) mass is 640 g/mol. The van der Waals surface area contributed by atoms with Crippen molar-refractivity contribution in [3.05, 3.63) is 36.3 Å². The summed E-state index contributed by atoms with van der Waals surface area (Å²) in [7, 11) is -0.521. The van der Waals surface area contributed by atoms with E-state index in [-0.39, 0.29) is 29.2 Å². The van der Waals surface area contributed by atoms with Gasteiger partial charge in [-0.15, -0.1) is 0 Å². The second-order valence-corrected chi connectivity index (χ2v) is 9.91. The highest BCUT2D eigenvalue weighted by Crippen LogP contribution is 2.42. The first-order valence-corrected chi connectivity index (χ1v) is 15.0. The van der Waals surface area contributed by atoms with E-state index in [0.29, 0.717) is 22.9 Å². The molecule has 1 aromatic carbocycles. The van der Waals surface area contributed by atoms with Gasteiger partial charge in [-0.25, -0.2) is 18.9 Å². The molecular formula is C27H38FN6O9P. The van der Waals surface area contributed by atoms with Crippen molar-refractivity contribution in [2.75, 3.05) is 43.6 Å². The fourth-order valence-corrected chi connectivity index (χ4v) is 3.96. The normalized spacial score (nSPS) is 13.2. The second kappa shape index (κ2) is 15.5. The Hall–Kier alpha value is -4.24. The molecule has 0 atom stereocenters. The highest BCUT2D eigenvalue weighted by molar-refractivity contribution is 7.46. The fraction of sp³-hybridized carbons (Fsp3) is 0.407. The van der Waals surface area contributed by atoms with Crippen LogP contribution < -0.4 is 34.5 Å². The minimum absolute atomic E-state index is 0.00747. The first kappa shape index (κ1) is 36.0. The van der Waals surface area contributed by atoms with Crippen LogP contribution in [0.25, 0.3) is 0 Å². The second-order valence-electron chi connectivity index (χ2n) is 8.67. The van der Waals surface area contributed by atoms with Crippen molar-refractivity contribution >= 4 is 42.8 Å². The minimum atomic E-state index is -4.91. The third-order valence-corrected chi connectivity index (χ3v) is 5.94. The molecule has 1 aliphatic heterocycles. The summed E-state index contributed by atoms with van der Waals surface area (Å²) in [5.41, 5.74) is -0.911. The van der Waals surface area contributed by atoms with Crippen molar-refractivity contribution in [1.29, 1.82) is 0 Å². The molecule has 1 aliphatic rings. The van der Waals surface area contributed by atoms with Gasteiger partial charge in [0.25, 0.3) is 5.91 Å². The van der Waals surface area contributed by atoms with Gasteiger partial charge in [0.2, 0.25) is 11.7 Å². The summed E-state index contributed by atoms with van der Waals surface area (Å²) in [6.07, 6.45) is 0.934. The van der Waals surface area contributed by atoms with Crippen molar-refractivity contribution in [3.63, 3.8) is 0 Å². The van der Waals surface area contributed by atoms with Crippen molar-refractivity contribution in [1.82, 2.24) is 15.0 Å². The number of rotatable bonds is 10. The van der Waals surface area contributed by atoms with Crippen molar-refractivity contribution in [2.24, 2.45) is 0 Å². The number of aromatic nitrogens is 3. The zero-order valence-electron chi connectivity index (χ0n) is 26.0. The molecule has 2 aromatic heterocycles. The Morgan fingerprint density at radius 1 is 1.00 bits per heavy atom. The quantitative estimate of drug-likeness (QED) is 0.213. The molecule has 0 saturated carbocycles. The van der Waals surface area contributed by atoms with E-state index < -0.39 is 31.9 Å². The summed E-state index contributed by atoms with van der Waals surface area (Å²) in [6, 6.07) is 6.12. The molecule has 3 aromatic rings. The molecule has 0 radical (unpaired) electrons. The Morgan fingerprint density at radius 2 is 1.61 bits per heavy atom. The van der Waals surface area contributed by atoms with Gasteiger partial charge in [0.1, 0.15) is 12.5 Å². The molecule has 4 rings (SSSR count). The predicted molar refractivity (Wildman–Crippen MR) is 162 cm³/mol. The van der Waals surface area contributed by atoms with Crippen molar-refractivity contribution in [3.8, 4) is 23.0 Å². The van der Waals surface area contributed by atoms with Gasteiger partial charge >= 0.3 is 7.82 Å². The molecule has 0 bridgehead atoms. The van der Waals surface area contributed by atoms with Gasteiger partial charge in [-0.3, -0.25) is 14.2 Å². The molecule has 0 aliphatic carbocycles. The average molecular weight is 641 g/mol. The molecule has 3 heterocycles. The number of nitrogens with zero attached hydrogens (tertiary/aromatic N) is 4. The van der Waals surface area contributed by atoms with Crippen LogP contribution in [0.4, 0.5) is 33.5 Å². The summed E-state index contributed by atoms with van der Waals surface area (Å²) >= 11 is 0. The van der Waals surface area contributed by atoms with Crippen molar-refractivity contribution in [2.45, 2.75) is 47.1 Å². The van der Waals surface area contributed by atoms with E-state index in [1.165, 1.54) is 47.3 Å². The minimum Gasteiger partial charge on any atom is -0.493 e. The Labute approximate surface area is 254 Å². The van der Waals surface area contributed by atoms with Crippen LogP contribution >= 0.6 is 7.82 Å². The highest BCUT2D eigenvalue weighted by atomic mass is 31.2. The van der Waals surface area contributed by atoms with E-state index >= 15 is 0 Å². The van der Waals surface area contributed by atoms with Crippen LogP contribution in [-0.2, 0) is 13.9 Å². The third-order valence-electron chi connectivity index (χ3n) is 5.49. The number of fused-ring (bicyclic) bond motifs is 1. The maximum Gasteiger partial charge on any atom is 0.471 e. The molecule has 242 valence electrons. The van der Waals surface area contributed by atoms with Crippen LogP contribution in [0.15, 0.2) is 30.5 Å². The number of anilines is 5. The average Bonchev–Trinajstić information content (AvgIpc) is 3.00. The zero-order valence-corrected chi connectivity index (χ0v) is 26.9. The number of amides is 1. The van der Waals surface area contributed by atoms with Gasteiger partial charge in [-0.1, -0.05) is 27.7 Å². The maximum absolute atomic E-state index is 14.7. The van der Waals surface area contributed by atoms with Gasteiger partial charge < -0.3 is 39.4 Å². The van der Waals surface area contributed by atoms with E-state index in [1.807, 2.05) is 27.7 Å². The number of nitrogens with one attached hydrogen (secondary N) is 2. The zero-order chi connectivity index (χ0) is 33.2. The molecule has 0 unspecified atom stereocenters. The smallest absolute Gasteiger partial charge is 0.471 e. The van der Waals surface area contributed by atoms with Crippen LogP contribution in [0.5, 0.6) is 23.0 Å². The number of carbonyl (C=O) groups excluding carboxylic acids is 1. The van der Waals surface area contributed by atoms with E-state index in [9.17, 15) is 13.8 Å². The van der Waals surface area contributed by atoms with Crippen LogP contribution in [0.2, 0.25) is 0 Å². The number of hydrogen-bond donors (Lipinski definition) is 4. The van der Waals surface area contributed by atoms with Crippen LogP contribution in [-0.4, -0.2) is 64.3 Å². The molecule has 4 N–H and O–H groups in total. The molecule has 0 fully saturated rings. The van der Waals surface area contributed by atoms with E-state index in [4.69, 9.17) is 28.7 Å². The lowest BCUT2D eigenvalue weighted by Crippen LogP contribution is -2.53. The summed E-state index contributed by atoms with van der Waals surface area (Å²) in [4.78, 5) is 44.4. The van der Waals surface area contributed by atoms with Crippen LogP contribution in [0, 0.1) is 5.82 Å². The van der Waals surface area contributed by atoms with Gasteiger partial charge in [0.05, 0.1) is 27.5 Å². The van der Waals surface area contributed by atoms with E-state index in [1.54, 1.807) is 12.1 Å². The molecular weight excluding hydrogens is 602 g/mol. The standard InChI is InChI=1S/C23H26FN6O9P.2C2H6/c1-23(2)21(31)30(11-38-40(32,33)34)20-14(39-23)6-7-17(28-20)27-19-13(24)10-25-22(29-19)26-12-8-15(35-3)18(37-5)16(9-12)36-4;2*1-2/h6-10H,11H2,1-5H3,(H2,32,33,34)(H2,25,26,27,28,29);2*1-2H3. The lowest BCUT2D eigenvalue weighted by Gasteiger charge is -2.37. The number of pyridine rings is 1. The topological polar surface area (TPSA) is 187 Å². The van der Waals surface area contributed by atoms with Gasteiger partial charge in [-0.2, -0.15) is 4.98 Å². The third kappa shape index (κ3) is 8.66. The molecule has 15 nitrogen and oxygen atoms in total. The summed E-state index contributed by atoms with van der Waals surface area (Å²) in [6.45, 7) is 10.2. The largest absolute Gasteiger partial charge is 0.493 e. The molecule has 0 spiro atoms. The van der Waals surface area contributed by atoms with E-state index in [0.717, 1.165) is 11.1 Å². The number of phosphoric ester groups is 1. The summed E-state index contributed by atoms with van der Waals surface area (Å²) in [5.74, 6) is -0.550. The maximum atomic E-state index is 14.7. The first-order valence-electron chi connectivity index (χ1n) is 13.4. The molecule has 1 amide bonds. The number of halogens is 1. The van der Waals surface area contributed by atoms with Crippen molar-refractivity contribution < 1.29 is 47.0 Å². The van der Waals surface area contributed by atoms with Gasteiger partial charge in [-0.05, 0) is 26.0 Å². The highest BCUT2D eigenvalue weighted by Gasteiger charge is 2.42. The van der Waals surface area contributed by atoms with Crippen LogP contribution in [0.1, 0.15) is 41.5 Å². The molecule has 17 heteroatoms. The van der Waals surface area contributed by atoms with E-state index in [2.05, 4.69) is 30.1 Å². The SMILES string of the molecule is CC.CC.COc1cc(Nc2ncc(F)c(Nc3ccc4c(n3)N(COP(=O)(O)O)C(=O)C(C)(C)O4)n2)cc(OC)c1OC. The summed E-state index contributed by atoms with van der Waals surface area (Å²) in [5, 5.41) is 5.64. The van der Waals surface area contributed by atoms with Gasteiger partial charge in [0, 0.05) is 17.8 Å². The lowest BCUT2D eigenvalue weighted by atomic mass is 10.1. The lowest BCUT2D eigenvalue weighted by molar-refractivity contribution is -0.133. The Morgan fingerprint density at radius 3 is 2.16 bits per heavy atom. The summed E-state index contributed by atoms with van der Waals surface area (Å²) < 4.78 is 52.1. The van der Waals surface area contributed by atoms with Gasteiger partial charge in [0.15, 0.2) is 40.3 Å². The van der Waals surface area contributed by atoms with Crippen LogP contribution in [0.3, 0.4) is 0 Å². The molecule has 0 saturated heterocycles. The Bertz CT molecular complexity index is 1460. The number of phosphoric acid groups is 1. The molecule has 44 heavy (non-hydrogen) atoms. The number of ether oxygens (including phenoxy) is 4. The number of carbonyl (C=O) groups is 1.